The van der Waals surface area contributed by atoms with Gasteiger partial charge in [0.15, 0.2) is 0 Å². The Labute approximate surface area is 110 Å². The number of rotatable bonds is 2. The second-order valence-corrected chi connectivity index (χ2v) is 6.32. The van der Waals surface area contributed by atoms with Gasteiger partial charge in [-0.2, -0.15) is 0 Å². The molecular weight excluding hydrogens is 226 g/mol. The van der Waals surface area contributed by atoms with Gasteiger partial charge in [-0.05, 0) is 58.7 Å². The molecule has 3 unspecified atom stereocenters. The van der Waals surface area contributed by atoms with Crippen LogP contribution in [0.4, 0.5) is 0 Å². The van der Waals surface area contributed by atoms with Crippen molar-refractivity contribution >= 4 is 5.91 Å². The van der Waals surface area contributed by atoms with Crippen molar-refractivity contribution in [2.24, 2.45) is 5.92 Å². The fraction of sp³-hybridized carbons (Fsp3) is 0.929. The molecule has 0 aromatic rings. The summed E-state index contributed by atoms with van der Waals surface area (Å²) in [6.07, 6.45) is 4.37. The quantitative estimate of drug-likeness (QED) is 0.771. The molecule has 3 atom stereocenters. The molecule has 0 bridgehead atoms. The van der Waals surface area contributed by atoms with Gasteiger partial charge in [0.25, 0.3) is 0 Å². The Morgan fingerprint density at radius 1 is 1.44 bits per heavy atom. The van der Waals surface area contributed by atoms with E-state index in [9.17, 15) is 4.79 Å². The number of carbonyl (C=O) groups excluding carboxylic acids is 1. The van der Waals surface area contributed by atoms with Crippen molar-refractivity contribution < 1.29 is 4.79 Å². The maximum Gasteiger partial charge on any atom is 0.240 e. The minimum absolute atomic E-state index is 0.198. The van der Waals surface area contributed by atoms with Gasteiger partial charge in [-0.1, -0.05) is 6.92 Å². The van der Waals surface area contributed by atoms with Crippen LogP contribution >= 0.6 is 0 Å². The summed E-state index contributed by atoms with van der Waals surface area (Å²) in [5.74, 6) is 0.739. The Balaban J connectivity index is 1.90. The van der Waals surface area contributed by atoms with Crippen LogP contribution < -0.4 is 10.6 Å². The van der Waals surface area contributed by atoms with Gasteiger partial charge in [-0.25, -0.2) is 0 Å². The SMILES string of the molecule is CC1CN(C)CCC1NC(=O)C1(C)CCCCN1. The number of nitrogens with zero attached hydrogens (tertiary/aromatic N) is 1. The van der Waals surface area contributed by atoms with Crippen molar-refractivity contribution in [3.05, 3.63) is 0 Å². The summed E-state index contributed by atoms with van der Waals surface area (Å²) in [5.41, 5.74) is -0.346. The van der Waals surface area contributed by atoms with E-state index in [1.165, 1.54) is 6.42 Å². The van der Waals surface area contributed by atoms with E-state index in [0.717, 1.165) is 38.9 Å². The van der Waals surface area contributed by atoms with Crippen LogP contribution in [0.3, 0.4) is 0 Å². The van der Waals surface area contributed by atoms with Gasteiger partial charge in [0.05, 0.1) is 5.54 Å². The number of hydrogen-bond donors (Lipinski definition) is 2. The van der Waals surface area contributed by atoms with E-state index in [1.54, 1.807) is 0 Å². The monoisotopic (exact) mass is 253 g/mol. The van der Waals surface area contributed by atoms with E-state index in [4.69, 9.17) is 0 Å². The van der Waals surface area contributed by atoms with Crippen molar-refractivity contribution in [1.29, 1.82) is 0 Å². The number of piperidine rings is 2. The van der Waals surface area contributed by atoms with Crippen LogP contribution in [0.1, 0.15) is 39.5 Å². The number of hydrogen-bond acceptors (Lipinski definition) is 3. The normalized spacial score (nSPS) is 38.4. The van der Waals surface area contributed by atoms with E-state index < -0.39 is 0 Å². The van der Waals surface area contributed by atoms with Crippen molar-refractivity contribution in [1.82, 2.24) is 15.5 Å². The Bertz CT molecular complexity index is 299. The molecule has 0 aromatic carbocycles. The van der Waals surface area contributed by atoms with Gasteiger partial charge < -0.3 is 15.5 Å². The second kappa shape index (κ2) is 5.57. The zero-order valence-corrected chi connectivity index (χ0v) is 12.0. The van der Waals surface area contributed by atoms with Crippen LogP contribution in [0.15, 0.2) is 0 Å². The molecule has 0 radical (unpaired) electrons. The molecule has 4 nitrogen and oxygen atoms in total. The minimum atomic E-state index is -0.346. The van der Waals surface area contributed by atoms with Gasteiger partial charge in [0.2, 0.25) is 5.91 Å². The molecular formula is C14H27N3O. The predicted molar refractivity (Wildman–Crippen MR) is 73.5 cm³/mol. The molecule has 1 amide bonds. The molecule has 2 saturated heterocycles. The first-order valence-electron chi connectivity index (χ1n) is 7.26. The third-order valence-electron chi connectivity index (χ3n) is 4.54. The number of likely N-dealkylation sites (tertiary alicyclic amines) is 1. The van der Waals surface area contributed by atoms with Crippen molar-refractivity contribution in [2.75, 3.05) is 26.7 Å². The Morgan fingerprint density at radius 2 is 2.22 bits per heavy atom. The molecule has 0 aliphatic carbocycles. The van der Waals surface area contributed by atoms with Crippen molar-refractivity contribution in [3.8, 4) is 0 Å². The standard InChI is InChI=1S/C14H27N3O/c1-11-10-17(3)9-6-12(11)16-13(18)14(2)7-4-5-8-15-14/h11-12,15H,4-10H2,1-3H3,(H,16,18). The van der Waals surface area contributed by atoms with Crippen LogP contribution in [-0.4, -0.2) is 49.1 Å². The molecule has 0 spiro atoms. The molecule has 2 aliphatic heterocycles. The van der Waals surface area contributed by atoms with Crippen LogP contribution in [0.2, 0.25) is 0 Å². The number of nitrogens with one attached hydrogen (secondary N) is 2. The fourth-order valence-electron chi connectivity index (χ4n) is 3.15. The number of amides is 1. The van der Waals surface area contributed by atoms with Gasteiger partial charge in [-0.15, -0.1) is 0 Å². The topological polar surface area (TPSA) is 44.4 Å². The van der Waals surface area contributed by atoms with E-state index in [-0.39, 0.29) is 11.4 Å². The first kappa shape index (κ1) is 13.8. The van der Waals surface area contributed by atoms with Crippen LogP contribution in [0, 0.1) is 5.92 Å². The molecule has 2 N–H and O–H groups in total. The molecule has 2 aliphatic rings. The summed E-state index contributed by atoms with van der Waals surface area (Å²) < 4.78 is 0. The molecule has 2 fully saturated rings. The maximum atomic E-state index is 12.4. The molecule has 2 rings (SSSR count). The maximum absolute atomic E-state index is 12.4. The fourth-order valence-corrected chi connectivity index (χ4v) is 3.15. The van der Waals surface area contributed by atoms with Crippen molar-refractivity contribution in [2.45, 2.75) is 51.1 Å². The highest BCUT2D eigenvalue weighted by Gasteiger charge is 2.36. The second-order valence-electron chi connectivity index (χ2n) is 6.32. The van der Waals surface area contributed by atoms with Gasteiger partial charge >= 0.3 is 0 Å². The van der Waals surface area contributed by atoms with Crippen LogP contribution in [0.5, 0.6) is 0 Å². The summed E-state index contributed by atoms with van der Waals surface area (Å²) in [7, 11) is 2.15. The highest BCUT2D eigenvalue weighted by atomic mass is 16.2. The Morgan fingerprint density at radius 3 is 2.83 bits per heavy atom. The van der Waals surface area contributed by atoms with E-state index in [0.29, 0.717) is 12.0 Å². The molecule has 0 saturated carbocycles. The predicted octanol–water partition coefficient (Wildman–Crippen LogP) is 0.975. The van der Waals surface area contributed by atoms with Crippen molar-refractivity contribution in [3.63, 3.8) is 0 Å². The number of carbonyl (C=O) groups is 1. The van der Waals surface area contributed by atoms with Gasteiger partial charge in [0, 0.05) is 12.6 Å². The average Bonchev–Trinajstić information content (AvgIpc) is 2.33. The third-order valence-corrected chi connectivity index (χ3v) is 4.54. The van der Waals surface area contributed by atoms with E-state index in [2.05, 4.69) is 29.5 Å². The summed E-state index contributed by atoms with van der Waals surface area (Å²) in [5, 5.41) is 6.66. The highest BCUT2D eigenvalue weighted by Crippen LogP contribution is 2.21. The summed E-state index contributed by atoms with van der Waals surface area (Å²) >= 11 is 0. The van der Waals surface area contributed by atoms with Gasteiger partial charge in [0.1, 0.15) is 0 Å². The zero-order chi connectivity index (χ0) is 13.2. The van der Waals surface area contributed by atoms with Crippen LogP contribution in [0.25, 0.3) is 0 Å². The minimum Gasteiger partial charge on any atom is -0.351 e. The smallest absolute Gasteiger partial charge is 0.240 e. The first-order valence-corrected chi connectivity index (χ1v) is 7.26. The molecule has 18 heavy (non-hydrogen) atoms. The lowest BCUT2D eigenvalue weighted by molar-refractivity contribution is -0.129. The molecule has 2 heterocycles. The lowest BCUT2D eigenvalue weighted by atomic mass is 9.88. The molecule has 0 aromatic heterocycles. The third kappa shape index (κ3) is 3.04. The highest BCUT2D eigenvalue weighted by molar-refractivity contribution is 5.86. The average molecular weight is 253 g/mol. The Kier molecular flexibility index (Phi) is 4.28. The van der Waals surface area contributed by atoms with E-state index in [1.807, 2.05) is 6.92 Å². The molecule has 4 heteroatoms. The molecule has 104 valence electrons. The Hall–Kier alpha value is -0.610. The lowest BCUT2D eigenvalue weighted by Gasteiger charge is -2.39. The largest absolute Gasteiger partial charge is 0.351 e. The summed E-state index contributed by atoms with van der Waals surface area (Å²) in [4.78, 5) is 14.8. The van der Waals surface area contributed by atoms with Crippen LogP contribution in [-0.2, 0) is 4.79 Å². The lowest BCUT2D eigenvalue weighted by Crippen LogP contribution is -2.60. The first-order chi connectivity index (χ1) is 8.51. The summed E-state index contributed by atoms with van der Waals surface area (Å²) in [6.45, 7) is 7.40. The zero-order valence-electron chi connectivity index (χ0n) is 12.0. The summed E-state index contributed by atoms with van der Waals surface area (Å²) in [6, 6.07) is 0.342. The van der Waals surface area contributed by atoms with E-state index >= 15 is 0 Å². The van der Waals surface area contributed by atoms with Gasteiger partial charge in [-0.3, -0.25) is 4.79 Å².